The maximum absolute atomic E-state index is 12.6. The Balaban J connectivity index is 0.00000420. The van der Waals surface area contributed by atoms with Crippen LogP contribution in [0.1, 0.15) is 39.2 Å². The summed E-state index contributed by atoms with van der Waals surface area (Å²) >= 11 is 0. The average molecular weight is 528 g/mol. The number of rotatable bonds is 7. The molecule has 0 spiro atoms. The fraction of sp³-hybridized carbons (Fsp3) is 0.650. The van der Waals surface area contributed by atoms with Crippen molar-refractivity contribution in [2.24, 2.45) is 10.9 Å². The lowest BCUT2D eigenvalue weighted by atomic mass is 9.97. The molecule has 0 aliphatic carbocycles. The molecule has 1 atom stereocenters. The van der Waals surface area contributed by atoms with Crippen molar-refractivity contribution >= 4 is 29.9 Å². The van der Waals surface area contributed by atoms with E-state index >= 15 is 0 Å². The van der Waals surface area contributed by atoms with E-state index in [0.29, 0.717) is 30.0 Å². The van der Waals surface area contributed by atoms with Crippen LogP contribution in [-0.2, 0) is 6.54 Å². The van der Waals surface area contributed by atoms with Gasteiger partial charge >= 0.3 is 6.36 Å². The van der Waals surface area contributed by atoms with Crippen molar-refractivity contribution in [3.8, 4) is 5.75 Å². The summed E-state index contributed by atoms with van der Waals surface area (Å²) in [7, 11) is 0. The van der Waals surface area contributed by atoms with Crippen molar-refractivity contribution in [3.63, 3.8) is 0 Å². The van der Waals surface area contributed by atoms with E-state index in [4.69, 9.17) is 0 Å². The molecule has 0 aromatic heterocycles. The van der Waals surface area contributed by atoms with Crippen molar-refractivity contribution in [1.29, 1.82) is 0 Å². The molecule has 5 nitrogen and oxygen atoms in total. The van der Waals surface area contributed by atoms with Gasteiger partial charge in [-0.15, -0.1) is 37.1 Å². The summed E-state index contributed by atoms with van der Waals surface area (Å²) in [5.41, 5.74) is 0.390. The molecular formula is C20H32F3IN4O. The van der Waals surface area contributed by atoms with E-state index in [2.05, 4.69) is 39.1 Å². The molecule has 1 heterocycles. The summed E-state index contributed by atoms with van der Waals surface area (Å²) in [4.78, 5) is 6.92. The lowest BCUT2D eigenvalue weighted by Gasteiger charge is -2.35. The molecule has 1 saturated heterocycles. The summed E-state index contributed by atoms with van der Waals surface area (Å²) in [6.45, 7) is 10.1. The van der Waals surface area contributed by atoms with Crippen LogP contribution in [0.5, 0.6) is 5.75 Å². The van der Waals surface area contributed by atoms with Gasteiger partial charge in [0.25, 0.3) is 0 Å². The molecule has 0 radical (unpaired) electrons. The summed E-state index contributed by atoms with van der Waals surface area (Å²) in [6, 6.07) is 6.63. The third kappa shape index (κ3) is 9.41. The Bertz CT molecular complexity index is 640. The summed E-state index contributed by atoms with van der Waals surface area (Å²) in [5.74, 6) is 0.918. The van der Waals surface area contributed by atoms with Crippen LogP contribution in [0.3, 0.4) is 0 Å². The molecule has 1 aromatic rings. The first kappa shape index (κ1) is 25.8. The van der Waals surface area contributed by atoms with Crippen LogP contribution in [0.4, 0.5) is 13.2 Å². The fourth-order valence-corrected chi connectivity index (χ4v) is 3.34. The van der Waals surface area contributed by atoms with Gasteiger partial charge in [-0.3, -0.25) is 0 Å². The van der Waals surface area contributed by atoms with Gasteiger partial charge in [0, 0.05) is 31.2 Å². The van der Waals surface area contributed by atoms with Gasteiger partial charge in [-0.05, 0) is 52.1 Å². The Morgan fingerprint density at radius 1 is 1.28 bits per heavy atom. The lowest BCUT2D eigenvalue weighted by molar-refractivity contribution is -0.274. The van der Waals surface area contributed by atoms with Gasteiger partial charge in [0.15, 0.2) is 5.96 Å². The molecule has 166 valence electrons. The SMILES string of the molecule is CCNC(=NCc1ccccc1OC(F)(F)F)NCC1CCCN(C(C)C)C1.I. The highest BCUT2D eigenvalue weighted by Crippen LogP contribution is 2.26. The smallest absolute Gasteiger partial charge is 0.405 e. The number of halogens is 4. The molecule has 1 unspecified atom stereocenters. The maximum atomic E-state index is 12.6. The van der Waals surface area contributed by atoms with E-state index < -0.39 is 6.36 Å². The zero-order valence-electron chi connectivity index (χ0n) is 17.3. The van der Waals surface area contributed by atoms with Gasteiger partial charge in [-0.1, -0.05) is 18.2 Å². The summed E-state index contributed by atoms with van der Waals surface area (Å²) in [6.07, 6.45) is -2.37. The number of nitrogens with zero attached hydrogens (tertiary/aromatic N) is 2. The monoisotopic (exact) mass is 528 g/mol. The molecule has 0 amide bonds. The number of aliphatic imine (C=N–C) groups is 1. The van der Waals surface area contributed by atoms with Crippen molar-refractivity contribution in [1.82, 2.24) is 15.5 Å². The highest BCUT2D eigenvalue weighted by molar-refractivity contribution is 14.0. The first-order valence-corrected chi connectivity index (χ1v) is 9.88. The number of ether oxygens (including phenoxy) is 1. The zero-order valence-corrected chi connectivity index (χ0v) is 19.6. The van der Waals surface area contributed by atoms with Crippen LogP contribution in [0.15, 0.2) is 29.3 Å². The fourth-order valence-electron chi connectivity index (χ4n) is 3.34. The van der Waals surface area contributed by atoms with E-state index in [-0.39, 0.29) is 36.3 Å². The minimum Gasteiger partial charge on any atom is -0.405 e. The minimum atomic E-state index is -4.72. The quantitative estimate of drug-likeness (QED) is 0.314. The third-order valence-corrected chi connectivity index (χ3v) is 4.79. The number of piperidine rings is 1. The molecule has 1 aliphatic heterocycles. The largest absolute Gasteiger partial charge is 0.573 e. The van der Waals surface area contributed by atoms with Crippen molar-refractivity contribution in [2.45, 2.75) is 52.6 Å². The van der Waals surface area contributed by atoms with Crippen molar-refractivity contribution in [2.75, 3.05) is 26.2 Å². The van der Waals surface area contributed by atoms with Crippen molar-refractivity contribution in [3.05, 3.63) is 29.8 Å². The van der Waals surface area contributed by atoms with E-state index in [9.17, 15) is 13.2 Å². The zero-order chi connectivity index (χ0) is 20.6. The van der Waals surface area contributed by atoms with E-state index in [1.165, 1.54) is 18.6 Å². The van der Waals surface area contributed by atoms with Crippen LogP contribution < -0.4 is 15.4 Å². The predicted molar refractivity (Wildman–Crippen MR) is 121 cm³/mol. The molecule has 2 rings (SSSR count). The van der Waals surface area contributed by atoms with Gasteiger partial charge in [-0.25, -0.2) is 4.99 Å². The van der Waals surface area contributed by atoms with Crippen LogP contribution in [0.25, 0.3) is 0 Å². The van der Waals surface area contributed by atoms with Gasteiger partial charge in [0.2, 0.25) is 0 Å². The molecule has 0 saturated carbocycles. The molecule has 29 heavy (non-hydrogen) atoms. The van der Waals surface area contributed by atoms with E-state index in [1.807, 2.05) is 6.92 Å². The Morgan fingerprint density at radius 2 is 2.00 bits per heavy atom. The van der Waals surface area contributed by atoms with Gasteiger partial charge in [0.05, 0.1) is 6.54 Å². The van der Waals surface area contributed by atoms with Crippen LogP contribution >= 0.6 is 24.0 Å². The highest BCUT2D eigenvalue weighted by atomic mass is 127. The molecule has 0 bridgehead atoms. The molecule has 2 N–H and O–H groups in total. The predicted octanol–water partition coefficient (Wildman–Crippen LogP) is 4.38. The number of para-hydroxylation sites is 1. The molecule has 1 fully saturated rings. The topological polar surface area (TPSA) is 48.9 Å². The second-order valence-corrected chi connectivity index (χ2v) is 7.33. The minimum absolute atomic E-state index is 0. The van der Waals surface area contributed by atoms with Gasteiger partial charge in [-0.2, -0.15) is 0 Å². The highest BCUT2D eigenvalue weighted by Gasteiger charge is 2.32. The summed E-state index contributed by atoms with van der Waals surface area (Å²) < 4.78 is 41.8. The first-order chi connectivity index (χ1) is 13.3. The number of nitrogens with one attached hydrogen (secondary N) is 2. The number of guanidine groups is 1. The Morgan fingerprint density at radius 3 is 2.66 bits per heavy atom. The van der Waals surface area contributed by atoms with Crippen LogP contribution in [0, 0.1) is 5.92 Å². The maximum Gasteiger partial charge on any atom is 0.573 e. The second-order valence-electron chi connectivity index (χ2n) is 7.33. The third-order valence-electron chi connectivity index (χ3n) is 4.79. The van der Waals surface area contributed by atoms with Crippen molar-refractivity contribution < 1.29 is 17.9 Å². The van der Waals surface area contributed by atoms with Crippen LogP contribution in [-0.4, -0.2) is 49.4 Å². The Hall–Kier alpha value is -1.23. The lowest BCUT2D eigenvalue weighted by Crippen LogP contribution is -2.46. The van der Waals surface area contributed by atoms with Gasteiger partial charge in [0.1, 0.15) is 5.75 Å². The number of alkyl halides is 3. The number of hydrogen-bond acceptors (Lipinski definition) is 3. The number of benzene rings is 1. The van der Waals surface area contributed by atoms with E-state index in [1.54, 1.807) is 12.1 Å². The Kier molecular flexibility index (Phi) is 11.1. The summed E-state index contributed by atoms with van der Waals surface area (Å²) in [5, 5.41) is 6.49. The molecule has 1 aromatic carbocycles. The standard InChI is InChI=1S/C20H31F3N4O.HI/c1-4-24-19(25-12-16-8-7-11-27(14-16)15(2)3)26-13-17-9-5-6-10-18(17)28-20(21,22)23;/h5-6,9-10,15-16H,4,7-8,11-14H2,1-3H3,(H2,24,25,26);1H. The van der Waals surface area contributed by atoms with Gasteiger partial charge < -0.3 is 20.3 Å². The van der Waals surface area contributed by atoms with E-state index in [0.717, 1.165) is 26.1 Å². The normalized spacial score (nSPS) is 18.3. The molecule has 9 heteroatoms. The average Bonchev–Trinajstić information content (AvgIpc) is 2.64. The van der Waals surface area contributed by atoms with Crippen LogP contribution in [0.2, 0.25) is 0 Å². The first-order valence-electron chi connectivity index (χ1n) is 9.88. The number of hydrogen-bond donors (Lipinski definition) is 2. The molecule has 1 aliphatic rings. The number of likely N-dealkylation sites (tertiary alicyclic amines) is 1. The second kappa shape index (κ2) is 12.5. The molecular weight excluding hydrogens is 496 g/mol. The Labute approximate surface area is 188 Å².